The fourth-order valence-corrected chi connectivity index (χ4v) is 0.471. The molecule has 0 aliphatic rings. The van der Waals surface area contributed by atoms with Crippen molar-refractivity contribution in [2.45, 2.75) is 33.0 Å². The summed E-state index contributed by atoms with van der Waals surface area (Å²) in [4.78, 5) is 0. The molecule has 0 heterocycles. The highest BCUT2D eigenvalue weighted by Crippen LogP contribution is 2.06. The summed E-state index contributed by atoms with van der Waals surface area (Å²) in [5, 5.41) is 8.13. The molecular weight excluding hydrogens is 107 g/mol. The van der Waals surface area contributed by atoms with Crippen molar-refractivity contribution in [2.24, 2.45) is 5.92 Å². The van der Waals surface area contributed by atoms with E-state index in [9.17, 15) is 4.39 Å². The minimum Gasteiger partial charge on any atom is -0.364 e. The highest BCUT2D eigenvalue weighted by atomic mass is 19.1. The zero-order valence-corrected chi connectivity index (χ0v) is 5.39. The fourth-order valence-electron chi connectivity index (χ4n) is 0.471. The number of halogens is 1. The lowest BCUT2D eigenvalue weighted by molar-refractivity contribution is 0.0300. The van der Waals surface area contributed by atoms with Gasteiger partial charge >= 0.3 is 0 Å². The minimum atomic E-state index is -1.61. The van der Waals surface area contributed by atoms with Crippen molar-refractivity contribution in [2.75, 3.05) is 0 Å². The van der Waals surface area contributed by atoms with Crippen LogP contribution in [-0.2, 0) is 0 Å². The first-order valence-corrected chi connectivity index (χ1v) is 2.95. The van der Waals surface area contributed by atoms with Gasteiger partial charge in [-0.3, -0.25) is 0 Å². The van der Waals surface area contributed by atoms with Gasteiger partial charge in [0.2, 0.25) is 0 Å². The molecule has 0 amide bonds. The average Bonchev–Trinajstić information content (AvgIpc) is 1.61. The van der Waals surface area contributed by atoms with Gasteiger partial charge in [-0.25, -0.2) is 4.39 Å². The lowest BCUT2D eigenvalue weighted by Crippen LogP contribution is -1.99. The molecule has 1 nitrogen and oxygen atoms in total. The van der Waals surface area contributed by atoms with E-state index in [0.29, 0.717) is 5.92 Å². The molecule has 1 atom stereocenters. The topological polar surface area (TPSA) is 20.2 Å². The van der Waals surface area contributed by atoms with E-state index in [-0.39, 0.29) is 6.42 Å². The first-order valence-electron chi connectivity index (χ1n) is 2.95. The predicted octanol–water partition coefficient (Wildman–Crippen LogP) is 1.71. The summed E-state index contributed by atoms with van der Waals surface area (Å²) in [6.45, 7) is 4.00. The van der Waals surface area contributed by atoms with Gasteiger partial charge in [0, 0.05) is 6.42 Å². The Morgan fingerprint density at radius 3 is 2.00 bits per heavy atom. The second kappa shape index (κ2) is 3.84. The minimum absolute atomic E-state index is 0.275. The van der Waals surface area contributed by atoms with E-state index < -0.39 is 6.36 Å². The zero-order chi connectivity index (χ0) is 6.57. The van der Waals surface area contributed by atoms with Crippen LogP contribution in [0.15, 0.2) is 0 Å². The number of rotatable bonds is 3. The first kappa shape index (κ1) is 7.89. The van der Waals surface area contributed by atoms with Crippen LogP contribution in [0.5, 0.6) is 0 Å². The molecular formula is C6H13FO. The molecule has 0 aromatic carbocycles. The van der Waals surface area contributed by atoms with Crippen molar-refractivity contribution in [3.05, 3.63) is 0 Å². The SMILES string of the molecule is CC(C)CCC(O)F. The van der Waals surface area contributed by atoms with Crippen LogP contribution in [0.1, 0.15) is 26.7 Å². The van der Waals surface area contributed by atoms with Gasteiger partial charge in [0.15, 0.2) is 6.36 Å². The maximum absolute atomic E-state index is 11.6. The van der Waals surface area contributed by atoms with E-state index >= 15 is 0 Å². The van der Waals surface area contributed by atoms with Gasteiger partial charge in [-0.05, 0) is 12.3 Å². The van der Waals surface area contributed by atoms with E-state index in [4.69, 9.17) is 5.11 Å². The van der Waals surface area contributed by atoms with Crippen LogP contribution in [0.4, 0.5) is 4.39 Å². The maximum atomic E-state index is 11.6. The Morgan fingerprint density at radius 1 is 1.38 bits per heavy atom. The lowest BCUT2D eigenvalue weighted by Gasteiger charge is -2.02. The number of aliphatic hydroxyl groups is 1. The Bertz CT molecular complexity index is 44.5. The molecule has 50 valence electrons. The van der Waals surface area contributed by atoms with Crippen molar-refractivity contribution in [3.63, 3.8) is 0 Å². The van der Waals surface area contributed by atoms with Crippen molar-refractivity contribution in [1.82, 2.24) is 0 Å². The smallest absolute Gasteiger partial charge is 0.196 e. The summed E-state index contributed by atoms with van der Waals surface area (Å²) in [6, 6.07) is 0. The monoisotopic (exact) mass is 120 g/mol. The fraction of sp³-hybridized carbons (Fsp3) is 1.00. The average molecular weight is 120 g/mol. The van der Waals surface area contributed by atoms with Gasteiger partial charge in [-0.15, -0.1) is 0 Å². The molecule has 0 aromatic heterocycles. The molecule has 0 spiro atoms. The molecule has 0 aromatic rings. The third-order valence-corrected chi connectivity index (χ3v) is 0.982. The summed E-state index contributed by atoms with van der Waals surface area (Å²) in [7, 11) is 0. The number of hydrogen-bond donors (Lipinski definition) is 1. The van der Waals surface area contributed by atoms with Gasteiger partial charge in [0.05, 0.1) is 0 Å². The normalized spacial score (nSPS) is 14.6. The quantitative estimate of drug-likeness (QED) is 0.601. The van der Waals surface area contributed by atoms with Gasteiger partial charge in [0.1, 0.15) is 0 Å². The highest BCUT2D eigenvalue weighted by molar-refractivity contribution is 4.45. The Labute approximate surface area is 49.5 Å². The molecule has 0 aliphatic carbocycles. The Morgan fingerprint density at radius 2 is 1.88 bits per heavy atom. The van der Waals surface area contributed by atoms with Crippen LogP contribution in [0.2, 0.25) is 0 Å². The number of alkyl halides is 1. The van der Waals surface area contributed by atoms with Gasteiger partial charge in [-0.1, -0.05) is 13.8 Å². The summed E-state index contributed by atoms with van der Waals surface area (Å²) >= 11 is 0. The second-order valence-corrected chi connectivity index (χ2v) is 2.41. The number of aliphatic hydroxyl groups excluding tert-OH is 1. The van der Waals surface area contributed by atoms with Crippen LogP contribution < -0.4 is 0 Å². The van der Waals surface area contributed by atoms with E-state index in [1.54, 1.807) is 0 Å². The molecule has 0 radical (unpaired) electrons. The molecule has 0 bridgehead atoms. The Hall–Kier alpha value is -0.110. The van der Waals surface area contributed by atoms with Crippen molar-refractivity contribution < 1.29 is 9.50 Å². The van der Waals surface area contributed by atoms with Crippen LogP contribution in [0, 0.1) is 5.92 Å². The molecule has 0 fully saturated rings. The third kappa shape index (κ3) is 5.89. The molecule has 1 N–H and O–H groups in total. The second-order valence-electron chi connectivity index (χ2n) is 2.41. The molecule has 0 saturated heterocycles. The van der Waals surface area contributed by atoms with Gasteiger partial charge < -0.3 is 5.11 Å². The predicted molar refractivity (Wildman–Crippen MR) is 31.2 cm³/mol. The number of hydrogen-bond acceptors (Lipinski definition) is 1. The molecule has 0 saturated carbocycles. The van der Waals surface area contributed by atoms with Crippen LogP contribution in [0.3, 0.4) is 0 Å². The van der Waals surface area contributed by atoms with Crippen LogP contribution in [-0.4, -0.2) is 11.5 Å². The Kier molecular flexibility index (Phi) is 3.79. The lowest BCUT2D eigenvalue weighted by atomic mass is 10.1. The molecule has 1 unspecified atom stereocenters. The van der Waals surface area contributed by atoms with E-state index in [1.165, 1.54) is 0 Å². The van der Waals surface area contributed by atoms with Crippen molar-refractivity contribution in [1.29, 1.82) is 0 Å². The maximum Gasteiger partial charge on any atom is 0.196 e. The summed E-state index contributed by atoms with van der Waals surface area (Å²) in [5.74, 6) is 0.486. The molecule has 8 heavy (non-hydrogen) atoms. The largest absolute Gasteiger partial charge is 0.364 e. The summed E-state index contributed by atoms with van der Waals surface area (Å²) in [6.07, 6.45) is -0.576. The van der Waals surface area contributed by atoms with Crippen LogP contribution >= 0.6 is 0 Å². The van der Waals surface area contributed by atoms with Crippen LogP contribution in [0.25, 0.3) is 0 Å². The first-order chi connectivity index (χ1) is 3.63. The molecule has 2 heteroatoms. The van der Waals surface area contributed by atoms with Crippen molar-refractivity contribution >= 4 is 0 Å². The van der Waals surface area contributed by atoms with E-state index in [1.807, 2.05) is 13.8 Å². The molecule has 0 rings (SSSR count). The standard InChI is InChI=1S/C6H13FO/c1-5(2)3-4-6(7)8/h5-6,8H,3-4H2,1-2H3. The van der Waals surface area contributed by atoms with E-state index in [0.717, 1.165) is 6.42 Å². The van der Waals surface area contributed by atoms with Crippen molar-refractivity contribution in [3.8, 4) is 0 Å². The van der Waals surface area contributed by atoms with Gasteiger partial charge in [-0.2, -0.15) is 0 Å². The zero-order valence-electron chi connectivity index (χ0n) is 5.39. The van der Waals surface area contributed by atoms with Gasteiger partial charge in [0.25, 0.3) is 0 Å². The van der Waals surface area contributed by atoms with E-state index in [2.05, 4.69) is 0 Å². The summed E-state index contributed by atoms with van der Waals surface area (Å²) < 4.78 is 11.6. The third-order valence-electron chi connectivity index (χ3n) is 0.982. The Balaban J connectivity index is 2.93. The highest BCUT2D eigenvalue weighted by Gasteiger charge is 2.00. The summed E-state index contributed by atoms with van der Waals surface area (Å²) in [5.41, 5.74) is 0. The molecule has 0 aliphatic heterocycles.